The zero-order valence-corrected chi connectivity index (χ0v) is 14.9. The molecule has 5 nitrogen and oxygen atoms in total. The molecule has 1 aromatic rings. The van der Waals surface area contributed by atoms with Crippen LogP contribution in [0.15, 0.2) is 27.8 Å². The van der Waals surface area contributed by atoms with E-state index in [4.69, 9.17) is 14.1 Å². The third kappa shape index (κ3) is 5.00. The Morgan fingerprint density at radius 1 is 1.38 bits per heavy atom. The quantitative estimate of drug-likeness (QED) is 0.615. The van der Waals surface area contributed by atoms with Crippen LogP contribution < -0.4 is 5.32 Å². The number of ether oxygens (including phenoxy) is 1. The third-order valence-electron chi connectivity index (χ3n) is 5.03. The fourth-order valence-electron chi connectivity index (χ4n) is 3.66. The van der Waals surface area contributed by atoms with Gasteiger partial charge in [-0.05, 0) is 38.3 Å². The maximum absolute atomic E-state index is 5.61. The lowest BCUT2D eigenvalue weighted by molar-refractivity contribution is 0.114. The number of aliphatic imine (C=N–C) groups is 1. The van der Waals surface area contributed by atoms with Gasteiger partial charge < -0.3 is 19.4 Å². The van der Waals surface area contributed by atoms with Crippen LogP contribution >= 0.6 is 0 Å². The Balaban J connectivity index is 1.56. The maximum Gasteiger partial charge on any atom is 0.194 e. The van der Waals surface area contributed by atoms with Crippen molar-refractivity contribution in [1.29, 1.82) is 0 Å². The molecular weight excluding hydrogens is 302 g/mol. The highest BCUT2D eigenvalue weighted by atomic mass is 16.5. The molecule has 1 aromatic heterocycles. The number of hydrogen-bond acceptors (Lipinski definition) is 3. The SMILES string of the molecule is CCOCC1CCN(C(=NCCc2ccco2)NC2CCCC2)C1. The molecule has 1 saturated carbocycles. The Bertz CT molecular complexity index is 495. The molecule has 1 N–H and O–H groups in total. The first-order chi connectivity index (χ1) is 11.8. The summed E-state index contributed by atoms with van der Waals surface area (Å²) in [5.41, 5.74) is 0. The van der Waals surface area contributed by atoms with E-state index in [9.17, 15) is 0 Å². The Labute approximate surface area is 145 Å². The van der Waals surface area contributed by atoms with Crippen molar-refractivity contribution in [3.05, 3.63) is 24.2 Å². The molecule has 0 aromatic carbocycles. The molecule has 1 unspecified atom stereocenters. The Morgan fingerprint density at radius 2 is 2.25 bits per heavy atom. The van der Waals surface area contributed by atoms with E-state index < -0.39 is 0 Å². The molecule has 1 aliphatic heterocycles. The van der Waals surface area contributed by atoms with Crippen molar-refractivity contribution in [1.82, 2.24) is 10.2 Å². The van der Waals surface area contributed by atoms with E-state index in [0.717, 1.165) is 51.0 Å². The molecule has 1 aliphatic carbocycles. The lowest BCUT2D eigenvalue weighted by atomic mass is 10.1. The predicted octanol–water partition coefficient (Wildman–Crippen LogP) is 3.07. The molecule has 1 atom stereocenters. The van der Waals surface area contributed by atoms with E-state index in [1.165, 1.54) is 32.1 Å². The standard InChI is InChI=1S/C19H31N3O2/c1-2-23-15-16-10-12-22(14-16)19(21-17-6-3-4-7-17)20-11-9-18-8-5-13-24-18/h5,8,13,16-17H,2-4,6-7,9-12,14-15H2,1H3,(H,20,21). The first-order valence-corrected chi connectivity index (χ1v) is 9.51. The maximum atomic E-state index is 5.61. The summed E-state index contributed by atoms with van der Waals surface area (Å²) >= 11 is 0. The van der Waals surface area contributed by atoms with Crippen LogP contribution in [0.25, 0.3) is 0 Å². The number of nitrogens with zero attached hydrogens (tertiary/aromatic N) is 2. The second-order valence-corrected chi connectivity index (χ2v) is 6.92. The van der Waals surface area contributed by atoms with Crippen molar-refractivity contribution in [2.75, 3.05) is 32.8 Å². The molecular formula is C19H31N3O2. The van der Waals surface area contributed by atoms with Crippen LogP contribution in [-0.2, 0) is 11.2 Å². The molecule has 0 spiro atoms. The fraction of sp³-hybridized carbons (Fsp3) is 0.737. The largest absolute Gasteiger partial charge is 0.469 e. The summed E-state index contributed by atoms with van der Waals surface area (Å²) < 4.78 is 11.0. The van der Waals surface area contributed by atoms with Gasteiger partial charge in [-0.3, -0.25) is 4.99 Å². The van der Waals surface area contributed by atoms with E-state index in [1.54, 1.807) is 6.26 Å². The van der Waals surface area contributed by atoms with Crippen molar-refractivity contribution >= 4 is 5.96 Å². The minimum Gasteiger partial charge on any atom is -0.469 e. The minimum atomic E-state index is 0.596. The highest BCUT2D eigenvalue weighted by molar-refractivity contribution is 5.80. The van der Waals surface area contributed by atoms with E-state index in [0.29, 0.717) is 12.0 Å². The first kappa shape index (κ1) is 17.3. The summed E-state index contributed by atoms with van der Waals surface area (Å²) in [4.78, 5) is 7.31. The van der Waals surface area contributed by atoms with Gasteiger partial charge in [0.2, 0.25) is 0 Å². The molecule has 134 valence electrons. The smallest absolute Gasteiger partial charge is 0.194 e. The van der Waals surface area contributed by atoms with Crippen molar-refractivity contribution in [3.8, 4) is 0 Å². The van der Waals surface area contributed by atoms with Crippen molar-refractivity contribution in [2.24, 2.45) is 10.9 Å². The predicted molar refractivity (Wildman–Crippen MR) is 96.3 cm³/mol. The van der Waals surface area contributed by atoms with Crippen molar-refractivity contribution < 1.29 is 9.15 Å². The van der Waals surface area contributed by atoms with E-state index in [-0.39, 0.29) is 0 Å². The van der Waals surface area contributed by atoms with Crippen LogP contribution in [-0.4, -0.2) is 49.7 Å². The van der Waals surface area contributed by atoms with E-state index in [2.05, 4.69) is 17.1 Å². The summed E-state index contributed by atoms with van der Waals surface area (Å²) in [5.74, 6) is 2.73. The monoisotopic (exact) mass is 333 g/mol. The molecule has 1 saturated heterocycles. The molecule has 3 rings (SSSR count). The second-order valence-electron chi connectivity index (χ2n) is 6.92. The average Bonchev–Trinajstić information content (AvgIpc) is 3.34. The Kier molecular flexibility index (Phi) is 6.58. The number of furan rings is 1. The van der Waals surface area contributed by atoms with Crippen LogP contribution in [0.2, 0.25) is 0 Å². The van der Waals surface area contributed by atoms with Crippen LogP contribution in [0.5, 0.6) is 0 Å². The molecule has 0 bridgehead atoms. The lowest BCUT2D eigenvalue weighted by Gasteiger charge is -2.25. The van der Waals surface area contributed by atoms with E-state index in [1.807, 2.05) is 12.1 Å². The van der Waals surface area contributed by atoms with Gasteiger partial charge in [-0.15, -0.1) is 0 Å². The van der Waals surface area contributed by atoms with Crippen LogP contribution in [0.3, 0.4) is 0 Å². The molecule has 2 heterocycles. The summed E-state index contributed by atoms with van der Waals surface area (Å²) in [6, 6.07) is 4.56. The number of likely N-dealkylation sites (tertiary alicyclic amines) is 1. The number of rotatable bonds is 7. The number of guanidine groups is 1. The minimum absolute atomic E-state index is 0.596. The highest BCUT2D eigenvalue weighted by Crippen LogP contribution is 2.20. The molecule has 5 heteroatoms. The highest BCUT2D eigenvalue weighted by Gasteiger charge is 2.27. The summed E-state index contributed by atoms with van der Waals surface area (Å²) in [5, 5.41) is 3.72. The van der Waals surface area contributed by atoms with Crippen molar-refractivity contribution in [2.45, 2.75) is 51.5 Å². The average molecular weight is 333 g/mol. The fourth-order valence-corrected chi connectivity index (χ4v) is 3.66. The van der Waals surface area contributed by atoms with Gasteiger partial charge in [0, 0.05) is 44.6 Å². The Morgan fingerprint density at radius 3 is 3.00 bits per heavy atom. The van der Waals surface area contributed by atoms with Gasteiger partial charge in [-0.2, -0.15) is 0 Å². The van der Waals surface area contributed by atoms with Gasteiger partial charge in [0.15, 0.2) is 5.96 Å². The summed E-state index contributed by atoms with van der Waals surface area (Å²) in [6.07, 6.45) is 9.01. The summed E-state index contributed by atoms with van der Waals surface area (Å²) in [7, 11) is 0. The summed E-state index contributed by atoms with van der Waals surface area (Å²) in [6.45, 7) is 6.65. The van der Waals surface area contributed by atoms with Gasteiger partial charge in [-0.25, -0.2) is 0 Å². The second kappa shape index (κ2) is 9.11. The van der Waals surface area contributed by atoms with Gasteiger partial charge in [-0.1, -0.05) is 12.8 Å². The van der Waals surface area contributed by atoms with Gasteiger partial charge in [0.05, 0.1) is 12.9 Å². The van der Waals surface area contributed by atoms with Crippen molar-refractivity contribution in [3.63, 3.8) is 0 Å². The molecule has 0 amide bonds. The Hall–Kier alpha value is -1.49. The van der Waals surface area contributed by atoms with Crippen LogP contribution in [0, 0.1) is 5.92 Å². The zero-order valence-electron chi connectivity index (χ0n) is 14.9. The zero-order chi connectivity index (χ0) is 16.6. The number of nitrogens with one attached hydrogen (secondary N) is 1. The molecule has 0 radical (unpaired) electrons. The van der Waals surface area contributed by atoms with Gasteiger partial charge in [0.1, 0.15) is 5.76 Å². The third-order valence-corrected chi connectivity index (χ3v) is 5.03. The topological polar surface area (TPSA) is 50.0 Å². The lowest BCUT2D eigenvalue weighted by Crippen LogP contribution is -2.44. The molecule has 2 aliphatic rings. The van der Waals surface area contributed by atoms with Gasteiger partial charge in [0.25, 0.3) is 0 Å². The number of hydrogen-bond donors (Lipinski definition) is 1. The normalized spacial score (nSPS) is 22.5. The molecule has 2 fully saturated rings. The van der Waals surface area contributed by atoms with Gasteiger partial charge >= 0.3 is 0 Å². The van der Waals surface area contributed by atoms with E-state index >= 15 is 0 Å². The van der Waals surface area contributed by atoms with Crippen LogP contribution in [0.1, 0.15) is 44.8 Å². The first-order valence-electron chi connectivity index (χ1n) is 9.51. The molecule has 24 heavy (non-hydrogen) atoms. The van der Waals surface area contributed by atoms with Crippen LogP contribution in [0.4, 0.5) is 0 Å².